The molecule has 0 spiro atoms. The van der Waals surface area contributed by atoms with Gasteiger partial charge in [0.25, 0.3) is 0 Å². The standard InChI is InChI=1S/C18H20N2O2/c1-12-4-7-14(8-5-12)18-15(10-17(21)22-3)20-11-13(2)6-9-16(20)19-18/h4-9,11,17,21H,10H2,1-3H3. The summed E-state index contributed by atoms with van der Waals surface area (Å²) in [6.07, 6.45) is 1.59. The number of ether oxygens (including phenoxy) is 1. The Hall–Kier alpha value is -2.17. The number of pyridine rings is 1. The normalized spacial score (nSPS) is 12.7. The zero-order chi connectivity index (χ0) is 15.7. The van der Waals surface area contributed by atoms with Gasteiger partial charge in [0.15, 0.2) is 6.29 Å². The fourth-order valence-corrected chi connectivity index (χ4v) is 2.59. The number of hydrogen-bond donors (Lipinski definition) is 1. The zero-order valence-corrected chi connectivity index (χ0v) is 13.1. The van der Waals surface area contributed by atoms with Gasteiger partial charge in [-0.2, -0.15) is 0 Å². The van der Waals surface area contributed by atoms with Gasteiger partial charge in [0, 0.05) is 25.3 Å². The Labute approximate surface area is 130 Å². The predicted molar refractivity (Wildman–Crippen MR) is 86.8 cm³/mol. The van der Waals surface area contributed by atoms with Crippen molar-refractivity contribution in [1.29, 1.82) is 0 Å². The van der Waals surface area contributed by atoms with E-state index < -0.39 is 6.29 Å². The Kier molecular flexibility index (Phi) is 3.96. The molecule has 0 aliphatic rings. The van der Waals surface area contributed by atoms with Gasteiger partial charge in [-0.3, -0.25) is 0 Å². The summed E-state index contributed by atoms with van der Waals surface area (Å²) in [5.74, 6) is 0. The molecule has 0 bridgehead atoms. The lowest BCUT2D eigenvalue weighted by Crippen LogP contribution is -2.14. The lowest BCUT2D eigenvalue weighted by Gasteiger charge is -2.10. The highest BCUT2D eigenvalue weighted by molar-refractivity contribution is 5.67. The summed E-state index contributed by atoms with van der Waals surface area (Å²) in [7, 11) is 1.50. The van der Waals surface area contributed by atoms with Gasteiger partial charge in [-0.15, -0.1) is 0 Å². The lowest BCUT2D eigenvalue weighted by molar-refractivity contribution is -0.0726. The molecule has 4 nitrogen and oxygen atoms in total. The summed E-state index contributed by atoms with van der Waals surface area (Å²) in [5, 5.41) is 9.91. The molecule has 22 heavy (non-hydrogen) atoms. The minimum atomic E-state index is -0.843. The summed E-state index contributed by atoms with van der Waals surface area (Å²) in [6, 6.07) is 12.3. The van der Waals surface area contributed by atoms with Crippen LogP contribution in [0.5, 0.6) is 0 Å². The van der Waals surface area contributed by atoms with Crippen LogP contribution in [-0.2, 0) is 11.2 Å². The highest BCUT2D eigenvalue weighted by atomic mass is 16.6. The van der Waals surface area contributed by atoms with Crippen LogP contribution in [0.25, 0.3) is 16.9 Å². The van der Waals surface area contributed by atoms with Crippen molar-refractivity contribution in [2.24, 2.45) is 0 Å². The van der Waals surface area contributed by atoms with Crippen LogP contribution in [0.15, 0.2) is 42.6 Å². The zero-order valence-electron chi connectivity index (χ0n) is 13.1. The van der Waals surface area contributed by atoms with Gasteiger partial charge in [0.1, 0.15) is 5.65 Å². The molecule has 0 saturated heterocycles. The Morgan fingerprint density at radius 1 is 1.09 bits per heavy atom. The van der Waals surface area contributed by atoms with Gasteiger partial charge in [0.05, 0.1) is 11.4 Å². The van der Waals surface area contributed by atoms with E-state index in [2.05, 4.69) is 31.2 Å². The summed E-state index contributed by atoms with van der Waals surface area (Å²) in [4.78, 5) is 4.74. The molecule has 0 aliphatic heterocycles. The van der Waals surface area contributed by atoms with E-state index in [4.69, 9.17) is 9.72 Å². The van der Waals surface area contributed by atoms with Crippen LogP contribution in [-0.4, -0.2) is 27.9 Å². The van der Waals surface area contributed by atoms with Crippen molar-refractivity contribution in [3.05, 3.63) is 59.4 Å². The molecule has 114 valence electrons. The van der Waals surface area contributed by atoms with Crippen LogP contribution in [0.4, 0.5) is 0 Å². The highest BCUT2D eigenvalue weighted by Crippen LogP contribution is 2.26. The van der Waals surface area contributed by atoms with Crippen molar-refractivity contribution in [3.8, 4) is 11.3 Å². The summed E-state index contributed by atoms with van der Waals surface area (Å²) in [5.41, 5.74) is 6.12. The van der Waals surface area contributed by atoms with Crippen molar-refractivity contribution in [1.82, 2.24) is 9.38 Å². The number of methoxy groups -OCH3 is 1. The molecule has 1 atom stereocenters. The smallest absolute Gasteiger partial charge is 0.159 e. The quantitative estimate of drug-likeness (QED) is 0.752. The van der Waals surface area contributed by atoms with Gasteiger partial charge >= 0.3 is 0 Å². The second-order valence-electron chi connectivity index (χ2n) is 5.60. The van der Waals surface area contributed by atoms with E-state index in [1.807, 2.05) is 29.7 Å². The Balaban J connectivity index is 2.19. The molecule has 1 N–H and O–H groups in total. The SMILES string of the molecule is COC(O)Cc1c(-c2ccc(C)cc2)nc2ccc(C)cn12. The molecule has 2 heterocycles. The molecular weight excluding hydrogens is 276 g/mol. The molecule has 0 radical (unpaired) electrons. The second-order valence-corrected chi connectivity index (χ2v) is 5.60. The van der Waals surface area contributed by atoms with Gasteiger partial charge in [-0.1, -0.05) is 35.9 Å². The molecule has 3 rings (SSSR count). The minimum absolute atomic E-state index is 0.393. The predicted octanol–water partition coefficient (Wildman–Crippen LogP) is 3.13. The summed E-state index contributed by atoms with van der Waals surface area (Å²) in [6.45, 7) is 4.11. The molecule has 1 aromatic carbocycles. The first-order valence-electron chi connectivity index (χ1n) is 7.34. The number of rotatable bonds is 4. The van der Waals surface area contributed by atoms with Crippen LogP contribution in [0.1, 0.15) is 16.8 Å². The van der Waals surface area contributed by atoms with Crippen LogP contribution >= 0.6 is 0 Å². The molecule has 3 aromatic rings. The van der Waals surface area contributed by atoms with Gasteiger partial charge in [-0.05, 0) is 25.5 Å². The summed E-state index contributed by atoms with van der Waals surface area (Å²) >= 11 is 0. The maximum atomic E-state index is 9.91. The highest BCUT2D eigenvalue weighted by Gasteiger charge is 2.17. The van der Waals surface area contributed by atoms with Gasteiger partial charge in [0.2, 0.25) is 0 Å². The van der Waals surface area contributed by atoms with Gasteiger partial charge < -0.3 is 14.2 Å². The van der Waals surface area contributed by atoms with E-state index in [9.17, 15) is 5.11 Å². The van der Waals surface area contributed by atoms with Crippen molar-refractivity contribution < 1.29 is 9.84 Å². The molecule has 0 aliphatic carbocycles. The maximum Gasteiger partial charge on any atom is 0.159 e. The third-order valence-corrected chi connectivity index (χ3v) is 3.83. The monoisotopic (exact) mass is 296 g/mol. The third-order valence-electron chi connectivity index (χ3n) is 3.83. The maximum absolute atomic E-state index is 9.91. The van der Waals surface area contributed by atoms with Crippen LogP contribution in [0, 0.1) is 13.8 Å². The van der Waals surface area contributed by atoms with Crippen molar-refractivity contribution in [2.45, 2.75) is 26.6 Å². The van der Waals surface area contributed by atoms with Crippen LogP contribution in [0.2, 0.25) is 0 Å². The van der Waals surface area contributed by atoms with Crippen LogP contribution in [0.3, 0.4) is 0 Å². The molecule has 0 saturated carbocycles. The second kappa shape index (κ2) is 5.91. The molecule has 1 unspecified atom stereocenters. The Bertz CT molecular complexity index is 791. The van der Waals surface area contributed by atoms with E-state index >= 15 is 0 Å². The van der Waals surface area contributed by atoms with E-state index in [1.54, 1.807) is 0 Å². The average molecular weight is 296 g/mol. The van der Waals surface area contributed by atoms with Gasteiger partial charge in [-0.25, -0.2) is 4.98 Å². The number of nitrogens with zero attached hydrogens (tertiary/aromatic N) is 2. The Morgan fingerprint density at radius 2 is 1.77 bits per heavy atom. The number of imidazole rings is 1. The third kappa shape index (κ3) is 2.75. The van der Waals surface area contributed by atoms with E-state index in [1.165, 1.54) is 12.7 Å². The first-order chi connectivity index (χ1) is 10.6. The van der Waals surface area contributed by atoms with Crippen molar-refractivity contribution in [2.75, 3.05) is 7.11 Å². The number of fused-ring (bicyclic) bond motifs is 1. The molecular formula is C18H20N2O2. The number of aliphatic hydroxyl groups excluding tert-OH is 1. The van der Waals surface area contributed by atoms with Crippen molar-refractivity contribution in [3.63, 3.8) is 0 Å². The topological polar surface area (TPSA) is 46.8 Å². The largest absolute Gasteiger partial charge is 0.368 e. The summed E-state index contributed by atoms with van der Waals surface area (Å²) < 4.78 is 7.06. The van der Waals surface area contributed by atoms with E-state index in [-0.39, 0.29) is 0 Å². The number of aliphatic hydroxyl groups is 1. The number of benzene rings is 1. The number of aryl methyl sites for hydroxylation is 2. The lowest BCUT2D eigenvalue weighted by atomic mass is 10.1. The molecule has 0 fully saturated rings. The Morgan fingerprint density at radius 3 is 2.45 bits per heavy atom. The average Bonchev–Trinajstić information content (AvgIpc) is 2.86. The molecule has 0 amide bonds. The number of aromatic nitrogens is 2. The van der Waals surface area contributed by atoms with Crippen molar-refractivity contribution >= 4 is 5.65 Å². The first-order valence-corrected chi connectivity index (χ1v) is 7.34. The molecule has 4 heteroatoms. The minimum Gasteiger partial charge on any atom is -0.368 e. The number of hydrogen-bond acceptors (Lipinski definition) is 3. The fourth-order valence-electron chi connectivity index (χ4n) is 2.59. The van der Waals surface area contributed by atoms with E-state index in [0.717, 1.165) is 28.2 Å². The first kappa shape index (κ1) is 14.8. The van der Waals surface area contributed by atoms with Crippen LogP contribution < -0.4 is 0 Å². The molecule has 2 aromatic heterocycles. The fraction of sp³-hybridized carbons (Fsp3) is 0.278. The van der Waals surface area contributed by atoms with E-state index in [0.29, 0.717) is 6.42 Å².